The number of pyridine rings is 1. The van der Waals surface area contributed by atoms with E-state index in [1.165, 1.54) is 24.8 Å². The first kappa shape index (κ1) is 13.5. The molecule has 0 aliphatic heterocycles. The molecule has 100 valence electrons. The Morgan fingerprint density at radius 2 is 2.22 bits per heavy atom. The van der Waals surface area contributed by atoms with Gasteiger partial charge in [-0.15, -0.1) is 0 Å². The predicted molar refractivity (Wildman–Crippen MR) is 73.1 cm³/mol. The Hall–Kier alpha value is -0.930. The van der Waals surface area contributed by atoms with Crippen LogP contribution in [-0.2, 0) is 6.54 Å². The van der Waals surface area contributed by atoms with Crippen LogP contribution in [0.1, 0.15) is 44.1 Å². The van der Waals surface area contributed by atoms with Crippen LogP contribution in [0.15, 0.2) is 24.5 Å². The van der Waals surface area contributed by atoms with Crippen molar-refractivity contribution in [2.24, 2.45) is 5.92 Å². The minimum atomic E-state index is -0.0444. The Labute approximate surface area is 110 Å². The van der Waals surface area contributed by atoms with Crippen LogP contribution in [0.5, 0.6) is 0 Å². The van der Waals surface area contributed by atoms with Crippen LogP contribution in [0.25, 0.3) is 0 Å². The SMILES string of the molecule is OC1CCCCC1CCCNCc1cccnc1. The first-order chi connectivity index (χ1) is 8.86. The van der Waals surface area contributed by atoms with Crippen LogP contribution in [0.3, 0.4) is 0 Å². The quantitative estimate of drug-likeness (QED) is 0.760. The van der Waals surface area contributed by atoms with Gasteiger partial charge >= 0.3 is 0 Å². The van der Waals surface area contributed by atoms with Gasteiger partial charge in [0.15, 0.2) is 0 Å². The van der Waals surface area contributed by atoms with Crippen molar-refractivity contribution >= 4 is 0 Å². The van der Waals surface area contributed by atoms with Crippen molar-refractivity contribution in [2.75, 3.05) is 6.54 Å². The van der Waals surface area contributed by atoms with E-state index in [2.05, 4.69) is 16.4 Å². The molecule has 1 aliphatic carbocycles. The topological polar surface area (TPSA) is 45.1 Å². The van der Waals surface area contributed by atoms with Crippen molar-refractivity contribution in [1.82, 2.24) is 10.3 Å². The number of aliphatic hydroxyl groups is 1. The second-order valence-electron chi connectivity index (χ2n) is 5.29. The molecule has 0 radical (unpaired) electrons. The van der Waals surface area contributed by atoms with Gasteiger partial charge in [0, 0.05) is 18.9 Å². The molecular formula is C15H24N2O. The Bertz CT molecular complexity index is 329. The third kappa shape index (κ3) is 4.39. The molecule has 1 aromatic rings. The number of hydrogen-bond acceptors (Lipinski definition) is 3. The number of aromatic nitrogens is 1. The normalized spacial score (nSPS) is 24.1. The van der Waals surface area contributed by atoms with E-state index in [1.54, 1.807) is 6.20 Å². The number of nitrogens with zero attached hydrogens (tertiary/aromatic N) is 1. The lowest BCUT2D eigenvalue weighted by Gasteiger charge is -2.27. The van der Waals surface area contributed by atoms with Crippen molar-refractivity contribution < 1.29 is 5.11 Å². The summed E-state index contributed by atoms with van der Waals surface area (Å²) in [5, 5.41) is 13.3. The highest BCUT2D eigenvalue weighted by molar-refractivity contribution is 5.07. The van der Waals surface area contributed by atoms with Crippen LogP contribution in [0.4, 0.5) is 0 Å². The highest BCUT2D eigenvalue weighted by Gasteiger charge is 2.21. The molecule has 0 saturated heterocycles. The van der Waals surface area contributed by atoms with E-state index >= 15 is 0 Å². The monoisotopic (exact) mass is 248 g/mol. The maximum absolute atomic E-state index is 9.87. The molecule has 2 rings (SSSR count). The minimum absolute atomic E-state index is 0.0444. The first-order valence-electron chi connectivity index (χ1n) is 7.14. The van der Waals surface area contributed by atoms with Gasteiger partial charge in [-0.25, -0.2) is 0 Å². The van der Waals surface area contributed by atoms with Crippen LogP contribution in [0, 0.1) is 5.92 Å². The molecule has 2 atom stereocenters. The third-order valence-electron chi connectivity index (χ3n) is 3.85. The number of hydrogen-bond donors (Lipinski definition) is 2. The highest BCUT2D eigenvalue weighted by Crippen LogP contribution is 2.27. The average molecular weight is 248 g/mol. The fourth-order valence-electron chi connectivity index (χ4n) is 2.75. The summed E-state index contributed by atoms with van der Waals surface area (Å²) in [6.07, 6.45) is 10.7. The fraction of sp³-hybridized carbons (Fsp3) is 0.667. The smallest absolute Gasteiger partial charge is 0.0568 e. The lowest BCUT2D eigenvalue weighted by Crippen LogP contribution is -2.25. The maximum Gasteiger partial charge on any atom is 0.0568 e. The molecule has 0 spiro atoms. The molecule has 2 unspecified atom stereocenters. The van der Waals surface area contributed by atoms with Gasteiger partial charge in [-0.2, -0.15) is 0 Å². The lowest BCUT2D eigenvalue weighted by molar-refractivity contribution is 0.0643. The van der Waals surface area contributed by atoms with Gasteiger partial charge in [0.1, 0.15) is 0 Å². The fourth-order valence-corrected chi connectivity index (χ4v) is 2.75. The van der Waals surface area contributed by atoms with E-state index in [-0.39, 0.29) is 6.10 Å². The molecule has 1 aromatic heterocycles. The largest absolute Gasteiger partial charge is 0.393 e. The van der Waals surface area contributed by atoms with Crippen molar-refractivity contribution in [3.63, 3.8) is 0 Å². The molecule has 0 amide bonds. The summed E-state index contributed by atoms with van der Waals surface area (Å²) < 4.78 is 0. The lowest BCUT2D eigenvalue weighted by atomic mass is 9.83. The predicted octanol–water partition coefficient (Wildman–Crippen LogP) is 2.50. The summed E-state index contributed by atoms with van der Waals surface area (Å²) in [7, 11) is 0. The summed E-state index contributed by atoms with van der Waals surface area (Å²) in [5.74, 6) is 0.541. The van der Waals surface area contributed by atoms with Crippen LogP contribution >= 0.6 is 0 Å². The van der Waals surface area contributed by atoms with Crippen molar-refractivity contribution in [1.29, 1.82) is 0 Å². The molecule has 2 N–H and O–H groups in total. The van der Waals surface area contributed by atoms with E-state index < -0.39 is 0 Å². The highest BCUT2D eigenvalue weighted by atomic mass is 16.3. The van der Waals surface area contributed by atoms with Gasteiger partial charge in [-0.1, -0.05) is 18.9 Å². The Kier molecular flexibility index (Phi) is 5.62. The molecule has 1 fully saturated rings. The summed E-state index contributed by atoms with van der Waals surface area (Å²) in [5.41, 5.74) is 1.23. The van der Waals surface area contributed by atoms with Gasteiger partial charge < -0.3 is 10.4 Å². The van der Waals surface area contributed by atoms with Crippen molar-refractivity contribution in [2.45, 2.75) is 51.2 Å². The van der Waals surface area contributed by atoms with Gasteiger partial charge in [0.2, 0.25) is 0 Å². The van der Waals surface area contributed by atoms with E-state index in [0.717, 1.165) is 32.4 Å². The molecule has 0 bridgehead atoms. The molecule has 1 aliphatic rings. The van der Waals surface area contributed by atoms with Gasteiger partial charge in [-0.3, -0.25) is 4.98 Å². The van der Waals surface area contributed by atoms with E-state index in [1.807, 2.05) is 12.3 Å². The summed E-state index contributed by atoms with van der Waals surface area (Å²) >= 11 is 0. The number of rotatable bonds is 6. The third-order valence-corrected chi connectivity index (χ3v) is 3.85. The Morgan fingerprint density at radius 3 is 3.00 bits per heavy atom. The zero-order valence-electron chi connectivity index (χ0n) is 11.0. The number of nitrogens with one attached hydrogen (secondary N) is 1. The second kappa shape index (κ2) is 7.49. The second-order valence-corrected chi connectivity index (χ2v) is 5.29. The Balaban J connectivity index is 1.56. The van der Waals surface area contributed by atoms with E-state index in [0.29, 0.717) is 5.92 Å². The Morgan fingerprint density at radius 1 is 1.33 bits per heavy atom. The standard InChI is InChI=1S/C15H24N2O/c18-15-8-2-1-6-14(15)7-4-10-17-12-13-5-3-9-16-11-13/h3,5,9,11,14-15,17-18H,1-2,4,6-8,10,12H2. The molecular weight excluding hydrogens is 224 g/mol. The first-order valence-corrected chi connectivity index (χ1v) is 7.14. The maximum atomic E-state index is 9.87. The molecule has 3 heteroatoms. The van der Waals surface area contributed by atoms with Crippen LogP contribution in [-0.4, -0.2) is 22.7 Å². The van der Waals surface area contributed by atoms with Crippen molar-refractivity contribution in [3.8, 4) is 0 Å². The zero-order valence-corrected chi connectivity index (χ0v) is 11.0. The molecule has 0 aromatic carbocycles. The summed E-state index contributed by atoms with van der Waals surface area (Å²) in [4.78, 5) is 4.09. The van der Waals surface area contributed by atoms with Gasteiger partial charge in [0.05, 0.1) is 6.10 Å². The molecule has 1 saturated carbocycles. The number of aliphatic hydroxyl groups excluding tert-OH is 1. The summed E-state index contributed by atoms with van der Waals surface area (Å²) in [6.45, 7) is 1.92. The molecule has 1 heterocycles. The molecule has 18 heavy (non-hydrogen) atoms. The van der Waals surface area contributed by atoms with Crippen molar-refractivity contribution in [3.05, 3.63) is 30.1 Å². The van der Waals surface area contributed by atoms with Crippen LogP contribution < -0.4 is 5.32 Å². The summed E-state index contributed by atoms with van der Waals surface area (Å²) in [6, 6.07) is 4.06. The minimum Gasteiger partial charge on any atom is -0.393 e. The van der Waals surface area contributed by atoms with E-state index in [9.17, 15) is 5.11 Å². The zero-order chi connectivity index (χ0) is 12.6. The average Bonchev–Trinajstić information content (AvgIpc) is 2.42. The molecule has 3 nitrogen and oxygen atoms in total. The van der Waals surface area contributed by atoms with E-state index in [4.69, 9.17) is 0 Å². The van der Waals surface area contributed by atoms with Gasteiger partial charge in [0.25, 0.3) is 0 Å². The van der Waals surface area contributed by atoms with Gasteiger partial charge in [-0.05, 0) is 49.8 Å². The van der Waals surface area contributed by atoms with Crippen LogP contribution in [0.2, 0.25) is 0 Å².